The molecule has 9 heteroatoms. The Kier molecular flexibility index (Phi) is 6.86. The number of esters is 1. The lowest BCUT2D eigenvalue weighted by atomic mass is 10.0. The van der Waals surface area contributed by atoms with Gasteiger partial charge < -0.3 is 14.5 Å². The first-order chi connectivity index (χ1) is 15.1. The molecule has 2 amide bonds. The number of halogens is 1. The van der Waals surface area contributed by atoms with Crippen LogP contribution in [0.3, 0.4) is 0 Å². The van der Waals surface area contributed by atoms with Crippen molar-refractivity contribution in [2.75, 3.05) is 26.7 Å². The number of carbonyl (C=O) groups excluding carboxylic acids is 3. The van der Waals surface area contributed by atoms with E-state index in [1.165, 1.54) is 31.4 Å². The highest BCUT2D eigenvalue weighted by Gasteiger charge is 2.34. The van der Waals surface area contributed by atoms with Gasteiger partial charge in [0.15, 0.2) is 0 Å². The van der Waals surface area contributed by atoms with Gasteiger partial charge in [0.05, 0.1) is 12.8 Å². The molecule has 2 heterocycles. The zero-order valence-electron chi connectivity index (χ0n) is 18.9. The van der Waals surface area contributed by atoms with Gasteiger partial charge in [0.1, 0.15) is 22.9 Å². The van der Waals surface area contributed by atoms with Crippen LogP contribution in [0.5, 0.6) is 0 Å². The van der Waals surface area contributed by atoms with Gasteiger partial charge in [-0.3, -0.25) is 9.59 Å². The molecule has 170 valence electrons. The Labute approximate surface area is 186 Å². The number of hydrogen-bond donors (Lipinski definition) is 0. The standard InChI is InChI=1S/C23H27FN4O4/c1-13(2)19-18(23(31)32-5)20(26-15(4)25-19)22(30)27-10-11-28(14(3)12-27)21(29)16-6-8-17(24)9-7-16/h6-9,13-14H,10-12H2,1-5H3. The molecule has 1 aliphatic rings. The quantitative estimate of drug-likeness (QED) is 0.676. The third-order valence-corrected chi connectivity index (χ3v) is 5.45. The Hall–Kier alpha value is -3.36. The largest absolute Gasteiger partial charge is 0.465 e. The Balaban J connectivity index is 1.85. The van der Waals surface area contributed by atoms with Crippen LogP contribution < -0.4 is 0 Å². The van der Waals surface area contributed by atoms with Crippen molar-refractivity contribution >= 4 is 17.8 Å². The maximum absolute atomic E-state index is 13.4. The van der Waals surface area contributed by atoms with E-state index in [1.54, 1.807) is 16.7 Å². The second-order valence-corrected chi connectivity index (χ2v) is 8.13. The number of methoxy groups -OCH3 is 1. The summed E-state index contributed by atoms with van der Waals surface area (Å²) in [6.45, 7) is 8.12. The van der Waals surface area contributed by atoms with Gasteiger partial charge in [-0.15, -0.1) is 0 Å². The molecule has 1 atom stereocenters. The SMILES string of the molecule is COC(=O)c1c(C(=O)N2CCN(C(=O)c3ccc(F)cc3)C(C)C2)nc(C)nc1C(C)C. The zero-order chi connectivity index (χ0) is 23.6. The summed E-state index contributed by atoms with van der Waals surface area (Å²) in [5.41, 5.74) is 0.944. The molecular weight excluding hydrogens is 415 g/mol. The van der Waals surface area contributed by atoms with Crippen molar-refractivity contribution < 1.29 is 23.5 Å². The molecule has 1 aliphatic heterocycles. The molecule has 2 aromatic rings. The Morgan fingerprint density at radius 3 is 2.31 bits per heavy atom. The third-order valence-electron chi connectivity index (χ3n) is 5.45. The summed E-state index contributed by atoms with van der Waals surface area (Å²) in [4.78, 5) is 50.6. The Bertz CT molecular complexity index is 1040. The maximum Gasteiger partial charge on any atom is 0.342 e. The van der Waals surface area contributed by atoms with Crippen LogP contribution >= 0.6 is 0 Å². The highest BCUT2D eigenvalue weighted by molar-refractivity contribution is 6.05. The highest BCUT2D eigenvalue weighted by atomic mass is 19.1. The molecule has 3 rings (SSSR count). The molecule has 0 N–H and O–H groups in total. The van der Waals surface area contributed by atoms with Crippen molar-refractivity contribution in [3.63, 3.8) is 0 Å². The van der Waals surface area contributed by atoms with Gasteiger partial charge in [-0.1, -0.05) is 13.8 Å². The summed E-state index contributed by atoms with van der Waals surface area (Å²) in [5.74, 6) is -1.41. The summed E-state index contributed by atoms with van der Waals surface area (Å²) in [6.07, 6.45) is 0. The van der Waals surface area contributed by atoms with Crippen molar-refractivity contribution in [2.45, 2.75) is 39.7 Å². The van der Waals surface area contributed by atoms with E-state index >= 15 is 0 Å². The predicted molar refractivity (Wildman–Crippen MR) is 115 cm³/mol. The summed E-state index contributed by atoms with van der Waals surface area (Å²) in [6, 6.07) is 5.11. The van der Waals surface area contributed by atoms with Gasteiger partial charge in [0, 0.05) is 31.2 Å². The van der Waals surface area contributed by atoms with Crippen LogP contribution in [0.25, 0.3) is 0 Å². The molecule has 0 aliphatic carbocycles. The molecule has 0 spiro atoms. The minimum Gasteiger partial charge on any atom is -0.465 e. The third kappa shape index (κ3) is 4.61. The van der Waals surface area contributed by atoms with Crippen LogP contribution in [0.4, 0.5) is 4.39 Å². The fourth-order valence-electron chi connectivity index (χ4n) is 3.82. The smallest absolute Gasteiger partial charge is 0.342 e. The van der Waals surface area contributed by atoms with E-state index in [-0.39, 0.29) is 42.2 Å². The molecule has 1 saturated heterocycles. The number of aryl methyl sites for hydroxylation is 1. The lowest BCUT2D eigenvalue weighted by Crippen LogP contribution is -2.55. The van der Waals surface area contributed by atoms with Crippen LogP contribution in [0, 0.1) is 12.7 Å². The lowest BCUT2D eigenvalue weighted by molar-refractivity contribution is 0.0408. The summed E-state index contributed by atoms with van der Waals surface area (Å²) in [7, 11) is 1.25. The average Bonchev–Trinajstić information content (AvgIpc) is 2.77. The normalized spacial score (nSPS) is 16.3. The number of hydrogen-bond acceptors (Lipinski definition) is 6. The van der Waals surface area contributed by atoms with Crippen molar-refractivity contribution in [1.82, 2.24) is 19.8 Å². The lowest BCUT2D eigenvalue weighted by Gasteiger charge is -2.40. The first kappa shape index (κ1) is 23.3. The maximum atomic E-state index is 13.4. The number of carbonyl (C=O) groups is 3. The zero-order valence-corrected chi connectivity index (χ0v) is 18.9. The molecule has 0 radical (unpaired) electrons. The fourth-order valence-corrected chi connectivity index (χ4v) is 3.82. The number of nitrogens with zero attached hydrogens (tertiary/aromatic N) is 4. The van der Waals surface area contributed by atoms with Crippen molar-refractivity contribution in [1.29, 1.82) is 0 Å². The molecular formula is C23H27FN4O4. The predicted octanol–water partition coefficient (Wildman–Crippen LogP) is 2.82. The summed E-state index contributed by atoms with van der Waals surface area (Å²) >= 11 is 0. The Morgan fingerprint density at radius 1 is 1.09 bits per heavy atom. The first-order valence-corrected chi connectivity index (χ1v) is 10.5. The topological polar surface area (TPSA) is 92.7 Å². The van der Waals surface area contributed by atoms with Crippen LogP contribution in [-0.2, 0) is 4.74 Å². The van der Waals surface area contributed by atoms with E-state index in [0.29, 0.717) is 23.6 Å². The number of ether oxygens (including phenoxy) is 1. The fraction of sp³-hybridized carbons (Fsp3) is 0.435. The Morgan fingerprint density at radius 2 is 1.75 bits per heavy atom. The van der Waals surface area contributed by atoms with Gasteiger partial charge in [-0.25, -0.2) is 19.2 Å². The van der Waals surface area contributed by atoms with E-state index < -0.39 is 17.7 Å². The van der Waals surface area contributed by atoms with Gasteiger partial charge in [-0.2, -0.15) is 0 Å². The van der Waals surface area contributed by atoms with Crippen molar-refractivity contribution in [2.24, 2.45) is 0 Å². The number of amides is 2. The second-order valence-electron chi connectivity index (χ2n) is 8.13. The van der Waals surface area contributed by atoms with Crippen LogP contribution in [0.15, 0.2) is 24.3 Å². The van der Waals surface area contributed by atoms with Gasteiger partial charge in [-0.05, 0) is 44.0 Å². The van der Waals surface area contributed by atoms with E-state index in [0.717, 1.165) is 0 Å². The minimum absolute atomic E-state index is 0.0126. The van der Waals surface area contributed by atoms with E-state index in [1.807, 2.05) is 20.8 Å². The van der Waals surface area contributed by atoms with E-state index in [2.05, 4.69) is 9.97 Å². The molecule has 1 aromatic carbocycles. The molecule has 32 heavy (non-hydrogen) atoms. The molecule has 0 saturated carbocycles. The van der Waals surface area contributed by atoms with Gasteiger partial charge >= 0.3 is 5.97 Å². The second kappa shape index (κ2) is 9.42. The first-order valence-electron chi connectivity index (χ1n) is 10.5. The van der Waals surface area contributed by atoms with E-state index in [9.17, 15) is 18.8 Å². The molecule has 1 fully saturated rings. The van der Waals surface area contributed by atoms with E-state index in [4.69, 9.17) is 4.74 Å². The van der Waals surface area contributed by atoms with Crippen LogP contribution in [0.1, 0.15) is 69.4 Å². The number of benzene rings is 1. The van der Waals surface area contributed by atoms with Gasteiger partial charge in [0.2, 0.25) is 0 Å². The van der Waals surface area contributed by atoms with Crippen LogP contribution in [-0.4, -0.2) is 70.3 Å². The molecule has 0 bridgehead atoms. The van der Waals surface area contributed by atoms with Crippen LogP contribution in [0.2, 0.25) is 0 Å². The molecule has 8 nitrogen and oxygen atoms in total. The molecule has 1 aromatic heterocycles. The summed E-state index contributed by atoms with van der Waals surface area (Å²) in [5, 5.41) is 0. The van der Waals surface area contributed by atoms with Crippen molar-refractivity contribution in [3.05, 3.63) is 58.4 Å². The summed E-state index contributed by atoms with van der Waals surface area (Å²) < 4.78 is 18.1. The minimum atomic E-state index is -0.657. The number of aromatic nitrogens is 2. The number of piperazine rings is 1. The number of rotatable bonds is 4. The van der Waals surface area contributed by atoms with Crippen molar-refractivity contribution in [3.8, 4) is 0 Å². The highest BCUT2D eigenvalue weighted by Crippen LogP contribution is 2.24. The monoisotopic (exact) mass is 442 g/mol. The molecule has 1 unspecified atom stereocenters. The van der Waals surface area contributed by atoms with Gasteiger partial charge in [0.25, 0.3) is 11.8 Å². The average molecular weight is 442 g/mol.